The van der Waals surface area contributed by atoms with Crippen LogP contribution in [0.2, 0.25) is 36.3 Å². The highest BCUT2D eigenvalue weighted by Gasteiger charge is 2.54. The maximum atomic E-state index is 13.3. The number of carbonyl (C=O) groups is 1. The average Bonchev–Trinajstić information content (AvgIpc) is 3.74. The van der Waals surface area contributed by atoms with E-state index >= 15 is 0 Å². The SMILES string of the molecule is C=C1/C(=C\C=C2/CCC[C@@]3(C)C2CCC3[C@H](C)/C=C/C(=O)C2(C(O)CCCC)CC2)CC(O[Si](C)(C)C(C)(C)C)CC1O[Si](C)(C)C(C)(C)C. The molecule has 0 amide bonds. The van der Waals surface area contributed by atoms with Gasteiger partial charge in [0.1, 0.15) is 0 Å². The zero-order chi connectivity index (χ0) is 37.5. The number of ketones is 1. The Bertz CT molecular complexity index is 1320. The number of unbranched alkanes of at least 4 members (excludes halogenated alkanes) is 1. The lowest BCUT2D eigenvalue weighted by Crippen LogP contribution is -2.49. The van der Waals surface area contributed by atoms with Crippen LogP contribution in [0.4, 0.5) is 0 Å². The van der Waals surface area contributed by atoms with Gasteiger partial charge in [0.15, 0.2) is 22.4 Å². The van der Waals surface area contributed by atoms with Crippen LogP contribution in [0.25, 0.3) is 0 Å². The highest BCUT2D eigenvalue weighted by molar-refractivity contribution is 6.74. The Balaban J connectivity index is 1.54. The van der Waals surface area contributed by atoms with Gasteiger partial charge in [-0.05, 0) is 134 Å². The molecule has 0 spiro atoms. The van der Waals surface area contributed by atoms with Crippen LogP contribution in [0.1, 0.15) is 139 Å². The van der Waals surface area contributed by atoms with Gasteiger partial charge in [0, 0.05) is 6.42 Å². The first-order chi connectivity index (χ1) is 23.0. The molecule has 0 heterocycles. The van der Waals surface area contributed by atoms with Crippen molar-refractivity contribution in [2.24, 2.45) is 28.6 Å². The van der Waals surface area contributed by atoms with Crippen LogP contribution in [-0.2, 0) is 13.6 Å². The number of aliphatic hydroxyl groups excluding tert-OH is 1. The lowest BCUT2D eigenvalue weighted by atomic mass is 9.61. The first-order valence-electron chi connectivity index (χ1n) is 20.3. The first-order valence-corrected chi connectivity index (χ1v) is 26.2. The van der Waals surface area contributed by atoms with E-state index in [2.05, 4.69) is 113 Å². The molecule has 4 aliphatic carbocycles. The molecule has 0 aromatic rings. The second-order valence-corrected chi connectivity index (χ2v) is 29.8. The van der Waals surface area contributed by atoms with E-state index < -0.39 is 28.2 Å². The van der Waals surface area contributed by atoms with Gasteiger partial charge in [-0.3, -0.25) is 4.79 Å². The van der Waals surface area contributed by atoms with E-state index in [-0.39, 0.29) is 33.5 Å². The Morgan fingerprint density at radius 3 is 2.20 bits per heavy atom. The fourth-order valence-electron chi connectivity index (χ4n) is 9.00. The van der Waals surface area contributed by atoms with Crippen molar-refractivity contribution in [3.05, 3.63) is 47.6 Å². The average molecular weight is 725 g/mol. The lowest BCUT2D eigenvalue weighted by molar-refractivity contribution is -0.123. The first kappa shape index (κ1) is 41.7. The van der Waals surface area contributed by atoms with Crippen molar-refractivity contribution in [1.82, 2.24) is 0 Å². The quantitative estimate of drug-likeness (QED) is 0.152. The molecule has 4 saturated carbocycles. The molecule has 4 aliphatic rings. The molecule has 0 aliphatic heterocycles. The maximum absolute atomic E-state index is 13.3. The minimum Gasteiger partial charge on any atom is -0.413 e. The maximum Gasteiger partial charge on any atom is 0.192 e. The zero-order valence-corrected chi connectivity index (χ0v) is 36.6. The van der Waals surface area contributed by atoms with E-state index in [9.17, 15) is 9.90 Å². The van der Waals surface area contributed by atoms with E-state index in [4.69, 9.17) is 8.85 Å². The van der Waals surface area contributed by atoms with E-state index in [1.807, 2.05) is 6.08 Å². The van der Waals surface area contributed by atoms with Crippen molar-refractivity contribution < 1.29 is 18.8 Å². The van der Waals surface area contributed by atoms with Crippen molar-refractivity contribution in [3.63, 3.8) is 0 Å². The highest BCUT2D eigenvalue weighted by atomic mass is 28.4. The largest absolute Gasteiger partial charge is 0.413 e. The van der Waals surface area contributed by atoms with Crippen LogP contribution >= 0.6 is 0 Å². The standard InChI is InChI=1S/C44H76O4Si2/c1-15-16-19-39(45)44(27-28-44)40(46)25-20-31(2)36-23-24-37-33(18-17-26-43(36,37)10)21-22-34-29-35(47-49(11,12)41(4,5)6)30-38(32(34)3)48-50(13,14)42(7,8)9/h20-22,25,31,35-39,45H,3,15-19,23-24,26-30H2,1-2,4-14H3/b25-20+,33-21+,34-22-/t31-,35?,36?,37?,38?,39?,43-/m1/s1. The molecule has 4 nitrogen and oxygen atoms in total. The van der Waals surface area contributed by atoms with E-state index in [0.29, 0.717) is 17.8 Å². The van der Waals surface area contributed by atoms with Crippen LogP contribution in [0.15, 0.2) is 47.6 Å². The molecule has 0 radical (unpaired) electrons. The fraction of sp³-hybridized carbons (Fsp3) is 0.795. The zero-order valence-electron chi connectivity index (χ0n) is 34.6. The summed E-state index contributed by atoms with van der Waals surface area (Å²) in [5, 5.41) is 11.1. The normalized spacial score (nSPS) is 32.1. The number of aliphatic hydroxyl groups is 1. The molecule has 0 aromatic carbocycles. The van der Waals surface area contributed by atoms with Crippen LogP contribution in [0.3, 0.4) is 0 Å². The van der Waals surface area contributed by atoms with Gasteiger partial charge in [0.2, 0.25) is 0 Å². The Morgan fingerprint density at radius 1 is 1.00 bits per heavy atom. The summed E-state index contributed by atoms with van der Waals surface area (Å²) in [6.45, 7) is 35.1. The third-order valence-corrected chi connectivity index (χ3v) is 23.7. The summed E-state index contributed by atoms with van der Waals surface area (Å²) in [7, 11) is -3.97. The predicted octanol–water partition coefficient (Wildman–Crippen LogP) is 12.3. The second kappa shape index (κ2) is 15.4. The van der Waals surface area contributed by atoms with Crippen molar-refractivity contribution in [1.29, 1.82) is 0 Å². The Hall–Kier alpha value is -1.06. The number of hydrogen-bond acceptors (Lipinski definition) is 4. The molecule has 4 rings (SSSR count). The molecule has 6 heteroatoms. The summed E-state index contributed by atoms with van der Waals surface area (Å²) in [5.41, 5.74) is 3.79. The summed E-state index contributed by atoms with van der Waals surface area (Å²) < 4.78 is 14.2. The summed E-state index contributed by atoms with van der Waals surface area (Å²) >= 11 is 0. The molecule has 1 N–H and O–H groups in total. The van der Waals surface area contributed by atoms with Gasteiger partial charge < -0.3 is 14.0 Å². The van der Waals surface area contributed by atoms with Crippen LogP contribution in [0, 0.1) is 28.6 Å². The van der Waals surface area contributed by atoms with E-state index in [0.717, 1.165) is 56.9 Å². The molecule has 50 heavy (non-hydrogen) atoms. The molecule has 7 atom stereocenters. The molecule has 0 aromatic heterocycles. The topological polar surface area (TPSA) is 55.8 Å². The number of allylic oxidation sites excluding steroid dienone is 5. The Kier molecular flexibility index (Phi) is 12.8. The van der Waals surface area contributed by atoms with Crippen LogP contribution in [-0.4, -0.2) is 45.8 Å². The van der Waals surface area contributed by atoms with Crippen LogP contribution < -0.4 is 0 Å². The highest BCUT2D eigenvalue weighted by Crippen LogP contribution is 2.60. The molecular weight excluding hydrogens is 649 g/mol. The molecule has 5 unspecified atom stereocenters. The summed E-state index contributed by atoms with van der Waals surface area (Å²) in [5.74, 6) is 1.63. The molecule has 0 bridgehead atoms. The summed E-state index contributed by atoms with van der Waals surface area (Å²) in [6, 6.07) is 0. The van der Waals surface area contributed by atoms with Gasteiger partial charge in [0.05, 0.1) is 23.7 Å². The van der Waals surface area contributed by atoms with Crippen molar-refractivity contribution >= 4 is 22.4 Å². The molecule has 4 fully saturated rings. The van der Waals surface area contributed by atoms with E-state index in [1.165, 1.54) is 31.3 Å². The number of hydrogen-bond donors (Lipinski definition) is 1. The van der Waals surface area contributed by atoms with Gasteiger partial charge in [-0.25, -0.2) is 0 Å². The van der Waals surface area contributed by atoms with Crippen molar-refractivity contribution in [2.45, 2.75) is 194 Å². The number of fused-ring (bicyclic) bond motifs is 1. The van der Waals surface area contributed by atoms with Crippen molar-refractivity contribution in [3.8, 4) is 0 Å². The van der Waals surface area contributed by atoms with Gasteiger partial charge in [-0.15, -0.1) is 0 Å². The second-order valence-electron chi connectivity index (χ2n) is 20.3. The monoisotopic (exact) mass is 725 g/mol. The Labute approximate surface area is 310 Å². The number of carbonyl (C=O) groups excluding carboxylic acids is 1. The predicted molar refractivity (Wildman–Crippen MR) is 217 cm³/mol. The van der Waals surface area contributed by atoms with Gasteiger partial charge in [-0.2, -0.15) is 0 Å². The smallest absolute Gasteiger partial charge is 0.192 e. The lowest BCUT2D eigenvalue weighted by Gasteiger charge is -2.45. The third kappa shape index (κ3) is 8.83. The minimum atomic E-state index is -2.01. The van der Waals surface area contributed by atoms with Gasteiger partial charge in [-0.1, -0.05) is 106 Å². The summed E-state index contributed by atoms with van der Waals surface area (Å²) in [4.78, 5) is 13.3. The molecule has 0 saturated heterocycles. The van der Waals surface area contributed by atoms with Crippen molar-refractivity contribution in [2.75, 3.05) is 0 Å². The Morgan fingerprint density at radius 2 is 1.62 bits per heavy atom. The van der Waals surface area contributed by atoms with Gasteiger partial charge in [0.25, 0.3) is 0 Å². The number of rotatable bonds is 13. The van der Waals surface area contributed by atoms with Gasteiger partial charge >= 0.3 is 0 Å². The summed E-state index contributed by atoms with van der Waals surface area (Å²) in [6.07, 6.45) is 20.9. The van der Waals surface area contributed by atoms with Crippen LogP contribution in [0.5, 0.6) is 0 Å². The fourth-order valence-corrected chi connectivity index (χ4v) is 11.7. The molecular formula is C44H76O4Si2. The third-order valence-electron chi connectivity index (χ3n) is 14.7. The molecule has 284 valence electrons. The minimum absolute atomic E-state index is 0.00516. The van der Waals surface area contributed by atoms with E-state index in [1.54, 1.807) is 5.57 Å².